The number of halogens is 2. The van der Waals surface area contributed by atoms with Crippen LogP contribution in [0.3, 0.4) is 0 Å². The molecule has 17 heavy (non-hydrogen) atoms. The molecule has 1 aliphatic heterocycles. The second-order valence-electron chi connectivity index (χ2n) is 4.48. The first-order valence-electron chi connectivity index (χ1n) is 5.88. The van der Waals surface area contributed by atoms with Crippen LogP contribution >= 0.6 is 15.9 Å². The minimum Gasteiger partial charge on any atom is -0.496 e. The fourth-order valence-corrected chi connectivity index (χ4v) is 3.05. The molecule has 1 saturated heterocycles. The zero-order valence-corrected chi connectivity index (χ0v) is 11.7. The Morgan fingerprint density at radius 3 is 2.88 bits per heavy atom. The lowest BCUT2D eigenvalue weighted by molar-refractivity contribution is 0.379. The maximum Gasteiger partial charge on any atom is 0.144 e. The van der Waals surface area contributed by atoms with Gasteiger partial charge in [-0.2, -0.15) is 0 Å². The highest BCUT2D eigenvalue weighted by molar-refractivity contribution is 9.10. The summed E-state index contributed by atoms with van der Waals surface area (Å²) in [5.74, 6) is 0.718. The van der Waals surface area contributed by atoms with Gasteiger partial charge in [0.1, 0.15) is 11.6 Å². The molecule has 4 heteroatoms. The zero-order valence-electron chi connectivity index (χ0n) is 10.1. The average molecular weight is 302 g/mol. The lowest BCUT2D eigenvalue weighted by atomic mass is 9.89. The summed E-state index contributed by atoms with van der Waals surface area (Å²) in [6, 6.07) is 1.77. The van der Waals surface area contributed by atoms with Gasteiger partial charge in [-0.05, 0) is 53.9 Å². The van der Waals surface area contributed by atoms with Gasteiger partial charge >= 0.3 is 0 Å². The van der Waals surface area contributed by atoms with Crippen molar-refractivity contribution in [2.45, 2.75) is 25.7 Å². The Kier molecular flexibility index (Phi) is 4.05. The number of nitrogens with one attached hydrogen (secondary N) is 1. The standard InChI is InChI=1S/C13H17BrFNO/c1-8-6-10(14)12(15)11(13(8)17-2)9-4-3-5-16-7-9/h6,9,16H,3-5,7H2,1-2H3. The Balaban J connectivity index is 2.48. The monoisotopic (exact) mass is 301 g/mol. The molecule has 1 N–H and O–H groups in total. The Hall–Kier alpha value is -0.610. The molecule has 0 spiro atoms. The van der Waals surface area contributed by atoms with Crippen molar-refractivity contribution in [1.82, 2.24) is 5.32 Å². The van der Waals surface area contributed by atoms with Gasteiger partial charge in [-0.1, -0.05) is 0 Å². The molecule has 0 amide bonds. The third kappa shape index (κ3) is 2.47. The number of hydrogen-bond acceptors (Lipinski definition) is 2. The Morgan fingerprint density at radius 2 is 2.29 bits per heavy atom. The molecule has 1 unspecified atom stereocenters. The highest BCUT2D eigenvalue weighted by atomic mass is 79.9. The largest absolute Gasteiger partial charge is 0.496 e. The number of ether oxygens (including phenoxy) is 1. The van der Waals surface area contributed by atoms with Gasteiger partial charge < -0.3 is 10.1 Å². The average Bonchev–Trinajstić information content (AvgIpc) is 2.34. The van der Waals surface area contributed by atoms with Crippen LogP contribution in [-0.2, 0) is 0 Å². The number of piperidine rings is 1. The van der Waals surface area contributed by atoms with Gasteiger partial charge in [0.25, 0.3) is 0 Å². The molecule has 0 radical (unpaired) electrons. The summed E-state index contributed by atoms with van der Waals surface area (Å²) in [5, 5.41) is 3.31. The highest BCUT2D eigenvalue weighted by Crippen LogP contribution is 2.38. The summed E-state index contributed by atoms with van der Waals surface area (Å²) in [6.07, 6.45) is 2.09. The third-order valence-electron chi connectivity index (χ3n) is 3.30. The predicted octanol–water partition coefficient (Wildman–Crippen LogP) is 3.37. The van der Waals surface area contributed by atoms with Gasteiger partial charge in [0, 0.05) is 18.0 Å². The summed E-state index contributed by atoms with van der Waals surface area (Å²) >= 11 is 3.28. The number of aryl methyl sites for hydroxylation is 1. The molecule has 94 valence electrons. The molecule has 1 aromatic rings. The smallest absolute Gasteiger partial charge is 0.144 e. The summed E-state index contributed by atoms with van der Waals surface area (Å²) in [7, 11) is 1.61. The normalized spacial score (nSPS) is 20.4. The first kappa shape index (κ1) is 12.8. The van der Waals surface area contributed by atoms with E-state index in [1.165, 1.54) is 0 Å². The molecule has 1 fully saturated rings. The van der Waals surface area contributed by atoms with Crippen molar-refractivity contribution in [2.24, 2.45) is 0 Å². The Labute approximate surface area is 110 Å². The minimum atomic E-state index is -0.179. The van der Waals surface area contributed by atoms with Crippen molar-refractivity contribution in [3.8, 4) is 5.75 Å². The molecule has 0 saturated carbocycles. The van der Waals surface area contributed by atoms with Crippen molar-refractivity contribution in [1.29, 1.82) is 0 Å². The van der Waals surface area contributed by atoms with Crippen molar-refractivity contribution >= 4 is 15.9 Å². The maximum atomic E-state index is 14.3. The van der Waals surface area contributed by atoms with E-state index in [2.05, 4.69) is 21.2 Å². The van der Waals surface area contributed by atoms with Crippen LogP contribution in [0.15, 0.2) is 10.5 Å². The topological polar surface area (TPSA) is 21.3 Å². The van der Waals surface area contributed by atoms with E-state index in [1.54, 1.807) is 13.2 Å². The first-order chi connectivity index (χ1) is 8.15. The van der Waals surface area contributed by atoms with Crippen molar-refractivity contribution < 1.29 is 9.13 Å². The van der Waals surface area contributed by atoms with Gasteiger partial charge in [0.15, 0.2) is 0 Å². The Morgan fingerprint density at radius 1 is 1.53 bits per heavy atom. The van der Waals surface area contributed by atoms with Gasteiger partial charge in [-0.15, -0.1) is 0 Å². The van der Waals surface area contributed by atoms with E-state index >= 15 is 0 Å². The molecule has 1 atom stereocenters. The molecular formula is C13H17BrFNO. The molecule has 1 aliphatic rings. The van der Waals surface area contributed by atoms with E-state index in [0.717, 1.165) is 31.5 Å². The van der Waals surface area contributed by atoms with E-state index in [4.69, 9.17) is 4.74 Å². The summed E-state index contributed by atoms with van der Waals surface area (Å²) in [4.78, 5) is 0. The van der Waals surface area contributed by atoms with Crippen LogP contribution in [0.2, 0.25) is 0 Å². The number of benzene rings is 1. The SMILES string of the molecule is COc1c(C)cc(Br)c(F)c1C1CCCNC1. The van der Waals surface area contributed by atoms with Gasteiger partial charge in [0.05, 0.1) is 11.6 Å². The molecule has 2 nitrogen and oxygen atoms in total. The second-order valence-corrected chi connectivity index (χ2v) is 5.33. The molecule has 1 aromatic carbocycles. The van der Waals surface area contributed by atoms with Crippen LogP contribution in [0.5, 0.6) is 5.75 Å². The Bertz CT molecular complexity index is 416. The number of rotatable bonds is 2. The van der Waals surface area contributed by atoms with Crippen LogP contribution in [-0.4, -0.2) is 20.2 Å². The molecule has 0 aromatic heterocycles. The molecule has 0 bridgehead atoms. The quantitative estimate of drug-likeness (QED) is 0.904. The fraction of sp³-hybridized carbons (Fsp3) is 0.538. The van der Waals surface area contributed by atoms with Crippen LogP contribution in [0.25, 0.3) is 0 Å². The van der Waals surface area contributed by atoms with Crippen LogP contribution in [0.4, 0.5) is 4.39 Å². The maximum absolute atomic E-state index is 14.3. The molecule has 2 rings (SSSR count). The van der Waals surface area contributed by atoms with Crippen LogP contribution in [0.1, 0.15) is 29.9 Å². The molecular weight excluding hydrogens is 285 g/mol. The van der Waals surface area contributed by atoms with Gasteiger partial charge in [-0.25, -0.2) is 4.39 Å². The van der Waals surface area contributed by atoms with E-state index in [-0.39, 0.29) is 11.7 Å². The van der Waals surface area contributed by atoms with Gasteiger partial charge in [-0.3, -0.25) is 0 Å². The number of methoxy groups -OCH3 is 1. The molecule has 0 aliphatic carbocycles. The highest BCUT2D eigenvalue weighted by Gasteiger charge is 2.25. The second kappa shape index (κ2) is 5.36. The summed E-state index contributed by atoms with van der Waals surface area (Å²) in [5.41, 5.74) is 1.69. The van der Waals surface area contributed by atoms with E-state index < -0.39 is 0 Å². The third-order valence-corrected chi connectivity index (χ3v) is 3.88. The van der Waals surface area contributed by atoms with Crippen molar-refractivity contribution in [2.75, 3.05) is 20.2 Å². The predicted molar refractivity (Wildman–Crippen MR) is 70.2 cm³/mol. The minimum absolute atomic E-state index is 0.179. The molecule has 1 heterocycles. The van der Waals surface area contributed by atoms with Gasteiger partial charge in [0.2, 0.25) is 0 Å². The fourth-order valence-electron chi connectivity index (χ4n) is 2.49. The van der Waals surface area contributed by atoms with E-state index in [9.17, 15) is 4.39 Å². The summed E-state index contributed by atoms with van der Waals surface area (Å²) < 4.78 is 20.2. The van der Waals surface area contributed by atoms with Crippen molar-refractivity contribution in [3.63, 3.8) is 0 Å². The van der Waals surface area contributed by atoms with Crippen molar-refractivity contribution in [3.05, 3.63) is 27.5 Å². The van der Waals surface area contributed by atoms with Crippen LogP contribution < -0.4 is 10.1 Å². The first-order valence-corrected chi connectivity index (χ1v) is 6.67. The lowest BCUT2D eigenvalue weighted by Gasteiger charge is -2.26. The number of hydrogen-bond donors (Lipinski definition) is 1. The zero-order chi connectivity index (χ0) is 12.4. The summed E-state index contributed by atoms with van der Waals surface area (Å²) in [6.45, 7) is 3.79. The lowest BCUT2D eigenvalue weighted by Crippen LogP contribution is -2.29. The van der Waals surface area contributed by atoms with E-state index in [0.29, 0.717) is 15.8 Å². The van der Waals surface area contributed by atoms with Crippen LogP contribution in [0, 0.1) is 12.7 Å². The van der Waals surface area contributed by atoms with E-state index in [1.807, 2.05) is 6.92 Å².